The van der Waals surface area contributed by atoms with Gasteiger partial charge in [-0.2, -0.15) is 9.67 Å². The Balaban J connectivity index is 1.48. The van der Waals surface area contributed by atoms with Crippen LogP contribution in [0.25, 0.3) is 17.1 Å². The Morgan fingerprint density at radius 1 is 1.15 bits per heavy atom. The van der Waals surface area contributed by atoms with Crippen molar-refractivity contribution in [1.29, 1.82) is 0 Å². The Hall–Kier alpha value is -4.11. The van der Waals surface area contributed by atoms with Gasteiger partial charge in [0.15, 0.2) is 11.5 Å². The number of methoxy groups -OCH3 is 1. The van der Waals surface area contributed by atoms with Gasteiger partial charge in [-0.1, -0.05) is 42.0 Å². The number of rotatable bonds is 8. The molecule has 0 unspecified atom stereocenters. The number of aromatic nitrogens is 3. The van der Waals surface area contributed by atoms with Crippen LogP contribution >= 0.6 is 11.8 Å². The predicted octanol–water partition coefficient (Wildman–Crippen LogP) is 3.62. The Morgan fingerprint density at radius 2 is 1.91 bits per heavy atom. The number of nitrogens with zero attached hydrogens (tertiary/aromatic N) is 3. The molecule has 9 heteroatoms. The van der Waals surface area contributed by atoms with Gasteiger partial charge in [0.05, 0.1) is 29.7 Å². The lowest BCUT2D eigenvalue weighted by atomic mass is 10.1. The van der Waals surface area contributed by atoms with E-state index in [9.17, 15) is 9.90 Å². The molecule has 1 heterocycles. The molecule has 0 bridgehead atoms. The van der Waals surface area contributed by atoms with Crippen molar-refractivity contribution in [2.45, 2.75) is 12.1 Å². The Morgan fingerprint density at radius 3 is 2.65 bits per heavy atom. The summed E-state index contributed by atoms with van der Waals surface area (Å²) < 4.78 is 7.06. The van der Waals surface area contributed by atoms with Gasteiger partial charge >= 0.3 is 5.16 Å². The van der Waals surface area contributed by atoms with Crippen LogP contribution in [0.2, 0.25) is 0 Å². The Labute approximate surface area is 201 Å². The number of aromatic amines is 1. The number of benzene rings is 3. The summed E-state index contributed by atoms with van der Waals surface area (Å²) in [5, 5.41) is 22.3. The smallest absolute Gasteiger partial charge is 0.342 e. The molecule has 3 N–H and O–H groups in total. The number of H-pyrrole nitrogens is 1. The molecule has 4 aromatic rings. The van der Waals surface area contributed by atoms with Gasteiger partial charge in [0.2, 0.25) is 0 Å². The fourth-order valence-electron chi connectivity index (χ4n) is 3.26. The Bertz CT molecular complexity index is 1300. The molecule has 0 aliphatic carbocycles. The van der Waals surface area contributed by atoms with Gasteiger partial charge in [0.25, 0.3) is 11.7 Å². The standard InChI is InChI=1S/C25H23N5O3S/c1-17-11-13-18(14-12-17)24-28-29-25(30(24)20-8-4-3-5-9-20)34-16-22(31)27-26-15-19-7-6-10-21(33-2)23(19)32/h3-15H,16H2,1-2H3,(H2,26,27,31,32)/p+1. The van der Waals surface area contributed by atoms with Crippen molar-refractivity contribution < 1.29 is 19.2 Å². The van der Waals surface area contributed by atoms with Gasteiger partial charge in [-0.05, 0) is 55.1 Å². The van der Waals surface area contributed by atoms with Gasteiger partial charge in [-0.3, -0.25) is 4.79 Å². The number of para-hydroxylation sites is 2. The number of amides is 1. The van der Waals surface area contributed by atoms with Crippen molar-refractivity contribution in [3.63, 3.8) is 0 Å². The van der Waals surface area contributed by atoms with E-state index in [0.29, 0.717) is 16.5 Å². The number of hydrazone groups is 1. The SMILES string of the molecule is COc1cccc(/C=N\NC(=O)CSc2n[nH]c(-c3ccc(C)cc3)[n+]2-c2ccccc2)c1O. The topological polar surface area (TPSA) is 103 Å². The van der Waals surface area contributed by atoms with E-state index in [0.717, 1.165) is 17.1 Å². The summed E-state index contributed by atoms with van der Waals surface area (Å²) in [7, 11) is 1.47. The molecule has 3 aromatic carbocycles. The highest BCUT2D eigenvalue weighted by atomic mass is 32.2. The van der Waals surface area contributed by atoms with E-state index in [1.165, 1.54) is 30.6 Å². The molecule has 0 saturated carbocycles. The van der Waals surface area contributed by atoms with E-state index in [1.807, 2.05) is 66.1 Å². The van der Waals surface area contributed by atoms with Gasteiger partial charge in [-0.15, -0.1) is 5.10 Å². The third kappa shape index (κ3) is 5.26. The number of carbonyl (C=O) groups is 1. The molecule has 0 fully saturated rings. The maximum Gasteiger partial charge on any atom is 0.342 e. The van der Waals surface area contributed by atoms with Gasteiger partial charge in [-0.25, -0.2) is 5.43 Å². The van der Waals surface area contributed by atoms with Crippen molar-refractivity contribution in [2.75, 3.05) is 12.9 Å². The van der Waals surface area contributed by atoms with Crippen LogP contribution in [0.3, 0.4) is 0 Å². The van der Waals surface area contributed by atoms with Crippen LogP contribution in [0.4, 0.5) is 0 Å². The molecule has 1 aromatic heterocycles. The summed E-state index contributed by atoms with van der Waals surface area (Å²) in [5.74, 6) is 0.913. The van der Waals surface area contributed by atoms with Crippen LogP contribution < -0.4 is 14.7 Å². The number of aryl methyl sites for hydroxylation is 1. The van der Waals surface area contributed by atoms with Crippen LogP contribution in [0.1, 0.15) is 11.1 Å². The summed E-state index contributed by atoms with van der Waals surface area (Å²) in [6.07, 6.45) is 1.37. The number of carbonyl (C=O) groups excluding carboxylic acids is 1. The minimum absolute atomic E-state index is 0.0403. The number of aromatic hydroxyl groups is 1. The molecular weight excluding hydrogens is 450 g/mol. The maximum absolute atomic E-state index is 12.4. The highest BCUT2D eigenvalue weighted by Crippen LogP contribution is 2.28. The van der Waals surface area contributed by atoms with Gasteiger partial charge in [0, 0.05) is 5.56 Å². The third-order valence-electron chi connectivity index (χ3n) is 4.99. The molecule has 0 aliphatic heterocycles. The van der Waals surface area contributed by atoms with E-state index in [-0.39, 0.29) is 17.4 Å². The zero-order valence-corrected chi connectivity index (χ0v) is 19.5. The zero-order chi connectivity index (χ0) is 23.9. The lowest BCUT2D eigenvalue weighted by molar-refractivity contribution is -0.625. The molecule has 172 valence electrons. The summed E-state index contributed by atoms with van der Waals surface area (Å²) in [4.78, 5) is 12.4. The van der Waals surface area contributed by atoms with E-state index >= 15 is 0 Å². The lowest BCUT2D eigenvalue weighted by Crippen LogP contribution is -2.34. The van der Waals surface area contributed by atoms with Crippen LogP contribution in [0.5, 0.6) is 11.5 Å². The first-order valence-corrected chi connectivity index (χ1v) is 11.5. The third-order valence-corrected chi connectivity index (χ3v) is 5.93. The van der Waals surface area contributed by atoms with E-state index in [2.05, 4.69) is 20.7 Å². The highest BCUT2D eigenvalue weighted by molar-refractivity contribution is 7.99. The number of phenolic OH excluding ortho intramolecular Hbond substituents is 1. The number of ether oxygens (including phenoxy) is 1. The average Bonchev–Trinajstić information content (AvgIpc) is 3.29. The normalized spacial score (nSPS) is 11.0. The Kier molecular flexibility index (Phi) is 7.24. The van der Waals surface area contributed by atoms with Gasteiger partial charge < -0.3 is 9.84 Å². The highest BCUT2D eigenvalue weighted by Gasteiger charge is 2.24. The number of phenols is 1. The maximum atomic E-state index is 12.4. The van der Waals surface area contributed by atoms with Crippen LogP contribution in [0.15, 0.2) is 83.1 Å². The minimum Gasteiger partial charge on any atom is -0.504 e. The van der Waals surface area contributed by atoms with E-state index in [4.69, 9.17) is 4.74 Å². The van der Waals surface area contributed by atoms with Crippen LogP contribution in [0, 0.1) is 6.92 Å². The zero-order valence-electron chi connectivity index (χ0n) is 18.7. The van der Waals surface area contributed by atoms with E-state index in [1.54, 1.807) is 18.2 Å². The molecule has 0 atom stereocenters. The molecule has 0 spiro atoms. The molecule has 0 radical (unpaired) electrons. The average molecular weight is 475 g/mol. The van der Waals surface area contributed by atoms with Crippen molar-refractivity contribution >= 4 is 23.9 Å². The monoisotopic (exact) mass is 474 g/mol. The summed E-state index contributed by atoms with van der Waals surface area (Å²) in [6, 6.07) is 23.0. The van der Waals surface area contributed by atoms with Crippen molar-refractivity contribution in [2.24, 2.45) is 5.10 Å². The molecule has 8 nitrogen and oxygen atoms in total. The first-order chi connectivity index (χ1) is 16.6. The number of thioether (sulfide) groups is 1. The largest absolute Gasteiger partial charge is 0.504 e. The van der Waals surface area contributed by atoms with Gasteiger partial charge in [0.1, 0.15) is 5.69 Å². The van der Waals surface area contributed by atoms with Crippen LogP contribution in [-0.2, 0) is 4.79 Å². The summed E-state index contributed by atoms with van der Waals surface area (Å²) >= 11 is 1.29. The molecule has 0 aliphatic rings. The first kappa shape index (κ1) is 23.1. The lowest BCUT2D eigenvalue weighted by Gasteiger charge is -2.05. The summed E-state index contributed by atoms with van der Waals surface area (Å²) in [5.41, 5.74) is 6.00. The van der Waals surface area contributed by atoms with E-state index < -0.39 is 0 Å². The van der Waals surface area contributed by atoms with Crippen molar-refractivity contribution in [3.05, 3.63) is 83.9 Å². The number of nitrogens with one attached hydrogen (secondary N) is 2. The molecule has 4 rings (SSSR count). The fourth-order valence-corrected chi connectivity index (χ4v) is 4.02. The quantitative estimate of drug-likeness (QED) is 0.157. The molecular formula is C25H24N5O3S+. The first-order valence-electron chi connectivity index (χ1n) is 10.5. The van der Waals surface area contributed by atoms with Crippen molar-refractivity contribution in [3.8, 4) is 28.6 Å². The molecule has 1 amide bonds. The second-order valence-electron chi connectivity index (χ2n) is 7.37. The molecule has 0 saturated heterocycles. The second kappa shape index (κ2) is 10.7. The second-order valence-corrected chi connectivity index (χ2v) is 8.31. The summed E-state index contributed by atoms with van der Waals surface area (Å²) in [6.45, 7) is 2.04. The minimum atomic E-state index is -0.303. The van der Waals surface area contributed by atoms with Crippen LogP contribution in [-0.4, -0.2) is 40.3 Å². The predicted molar refractivity (Wildman–Crippen MR) is 131 cm³/mol. The number of hydrogen-bond acceptors (Lipinski definition) is 6. The fraction of sp³-hybridized carbons (Fsp3) is 0.120. The molecule has 34 heavy (non-hydrogen) atoms. The number of hydrogen-bond donors (Lipinski definition) is 3. The van der Waals surface area contributed by atoms with Crippen molar-refractivity contribution in [1.82, 2.24) is 15.6 Å².